The van der Waals surface area contributed by atoms with Crippen LogP contribution in [0.1, 0.15) is 41.4 Å². The standard InChI is InChI=1S/C18H18N2O/c1-12(2)14-5-7-15(8-6-14)18-16(11-21)20-10-13(3)4-9-17(20)19-18/h4-12H,1-3H3. The number of aldehydes is 1. The molecule has 106 valence electrons. The normalized spacial score (nSPS) is 11.2. The predicted molar refractivity (Wildman–Crippen MR) is 84.8 cm³/mol. The van der Waals surface area contributed by atoms with Crippen LogP contribution in [0.3, 0.4) is 0 Å². The minimum Gasteiger partial charge on any atom is -0.296 e. The van der Waals surface area contributed by atoms with Crippen molar-refractivity contribution in [1.82, 2.24) is 9.38 Å². The average molecular weight is 278 g/mol. The van der Waals surface area contributed by atoms with Crippen LogP contribution in [0.15, 0.2) is 42.6 Å². The molecule has 0 N–H and O–H groups in total. The number of carbonyl (C=O) groups excluding carboxylic acids is 1. The summed E-state index contributed by atoms with van der Waals surface area (Å²) in [6.07, 6.45) is 2.82. The Morgan fingerprint density at radius 2 is 1.81 bits per heavy atom. The van der Waals surface area contributed by atoms with Crippen LogP contribution in [-0.2, 0) is 0 Å². The zero-order valence-corrected chi connectivity index (χ0v) is 12.5. The van der Waals surface area contributed by atoms with Crippen molar-refractivity contribution in [1.29, 1.82) is 0 Å². The highest BCUT2D eigenvalue weighted by molar-refractivity contribution is 5.86. The predicted octanol–water partition coefficient (Wildman–Crippen LogP) is 4.25. The van der Waals surface area contributed by atoms with Gasteiger partial charge in [-0.05, 0) is 30.0 Å². The molecule has 3 rings (SSSR count). The Kier molecular flexibility index (Phi) is 3.34. The molecule has 21 heavy (non-hydrogen) atoms. The fourth-order valence-electron chi connectivity index (χ4n) is 2.52. The van der Waals surface area contributed by atoms with Crippen LogP contribution >= 0.6 is 0 Å². The number of aryl methyl sites for hydroxylation is 1. The van der Waals surface area contributed by atoms with Gasteiger partial charge in [-0.25, -0.2) is 4.98 Å². The summed E-state index contributed by atoms with van der Waals surface area (Å²) in [6.45, 7) is 6.34. The minimum atomic E-state index is 0.494. The van der Waals surface area contributed by atoms with Gasteiger partial charge in [0.15, 0.2) is 6.29 Å². The molecule has 0 bridgehead atoms. The maximum absolute atomic E-state index is 11.5. The molecule has 3 aromatic rings. The molecule has 0 fully saturated rings. The van der Waals surface area contributed by atoms with E-state index >= 15 is 0 Å². The van der Waals surface area contributed by atoms with Gasteiger partial charge in [0.05, 0.1) is 0 Å². The molecule has 1 aromatic carbocycles. The zero-order valence-electron chi connectivity index (χ0n) is 12.5. The first-order valence-electron chi connectivity index (χ1n) is 7.14. The van der Waals surface area contributed by atoms with Crippen LogP contribution in [0.25, 0.3) is 16.9 Å². The van der Waals surface area contributed by atoms with Crippen LogP contribution in [0, 0.1) is 6.92 Å². The second-order valence-corrected chi connectivity index (χ2v) is 5.67. The van der Waals surface area contributed by atoms with Crippen molar-refractivity contribution in [2.24, 2.45) is 0 Å². The van der Waals surface area contributed by atoms with Gasteiger partial charge in [0.25, 0.3) is 0 Å². The number of rotatable bonds is 3. The number of aromatic nitrogens is 2. The van der Waals surface area contributed by atoms with Gasteiger partial charge in [0.2, 0.25) is 0 Å². The SMILES string of the molecule is Cc1ccc2nc(-c3ccc(C(C)C)cc3)c(C=O)n2c1. The van der Waals surface area contributed by atoms with Crippen LogP contribution in [0.4, 0.5) is 0 Å². The van der Waals surface area contributed by atoms with Crippen LogP contribution in [0.5, 0.6) is 0 Å². The van der Waals surface area contributed by atoms with E-state index in [4.69, 9.17) is 0 Å². The third kappa shape index (κ3) is 2.35. The van der Waals surface area contributed by atoms with Crippen molar-refractivity contribution in [3.05, 3.63) is 59.4 Å². The van der Waals surface area contributed by atoms with E-state index in [2.05, 4.69) is 31.0 Å². The first-order valence-corrected chi connectivity index (χ1v) is 7.14. The van der Waals surface area contributed by atoms with Crippen LogP contribution in [0.2, 0.25) is 0 Å². The molecule has 0 atom stereocenters. The number of hydrogen-bond donors (Lipinski definition) is 0. The van der Waals surface area contributed by atoms with Gasteiger partial charge in [-0.15, -0.1) is 0 Å². The summed E-state index contributed by atoms with van der Waals surface area (Å²) >= 11 is 0. The highest BCUT2D eigenvalue weighted by Crippen LogP contribution is 2.25. The van der Waals surface area contributed by atoms with Crippen molar-refractivity contribution >= 4 is 11.9 Å². The van der Waals surface area contributed by atoms with E-state index in [9.17, 15) is 4.79 Å². The Morgan fingerprint density at radius 1 is 1.10 bits per heavy atom. The molecule has 0 spiro atoms. The molecule has 0 aliphatic heterocycles. The molecular formula is C18H18N2O. The summed E-state index contributed by atoms with van der Waals surface area (Å²) in [5.41, 5.74) is 5.50. The fourth-order valence-corrected chi connectivity index (χ4v) is 2.52. The number of hydrogen-bond acceptors (Lipinski definition) is 2. The second-order valence-electron chi connectivity index (χ2n) is 5.67. The number of benzene rings is 1. The molecular weight excluding hydrogens is 260 g/mol. The maximum Gasteiger partial charge on any atom is 0.169 e. The van der Waals surface area contributed by atoms with Gasteiger partial charge in [0, 0.05) is 11.8 Å². The quantitative estimate of drug-likeness (QED) is 0.671. The van der Waals surface area contributed by atoms with Crippen molar-refractivity contribution in [2.45, 2.75) is 26.7 Å². The lowest BCUT2D eigenvalue weighted by atomic mass is 10.0. The monoisotopic (exact) mass is 278 g/mol. The molecule has 2 heterocycles. The van der Waals surface area contributed by atoms with Gasteiger partial charge in [-0.2, -0.15) is 0 Å². The maximum atomic E-state index is 11.5. The molecule has 0 radical (unpaired) electrons. The summed E-state index contributed by atoms with van der Waals surface area (Å²) < 4.78 is 1.86. The molecule has 3 nitrogen and oxygen atoms in total. The largest absolute Gasteiger partial charge is 0.296 e. The third-order valence-electron chi connectivity index (χ3n) is 3.77. The molecule has 0 aliphatic rings. The van der Waals surface area contributed by atoms with E-state index in [1.165, 1.54) is 5.56 Å². The zero-order chi connectivity index (χ0) is 15.0. The van der Waals surface area contributed by atoms with Gasteiger partial charge in [0.1, 0.15) is 17.0 Å². The Hall–Kier alpha value is -2.42. The molecule has 0 unspecified atom stereocenters. The van der Waals surface area contributed by atoms with Gasteiger partial charge in [-0.3, -0.25) is 9.20 Å². The average Bonchev–Trinajstić information content (AvgIpc) is 2.85. The Balaban J connectivity index is 2.17. The van der Waals surface area contributed by atoms with Crippen molar-refractivity contribution in [3.63, 3.8) is 0 Å². The topological polar surface area (TPSA) is 34.4 Å². The van der Waals surface area contributed by atoms with Crippen molar-refractivity contribution in [2.75, 3.05) is 0 Å². The number of imidazole rings is 1. The first-order chi connectivity index (χ1) is 10.1. The van der Waals surface area contributed by atoms with Crippen LogP contribution < -0.4 is 0 Å². The highest BCUT2D eigenvalue weighted by atomic mass is 16.1. The molecule has 2 aromatic heterocycles. The third-order valence-corrected chi connectivity index (χ3v) is 3.77. The van der Waals surface area contributed by atoms with Crippen molar-refractivity contribution in [3.8, 4) is 11.3 Å². The molecule has 0 amide bonds. The lowest BCUT2D eigenvalue weighted by Crippen LogP contribution is -1.93. The van der Waals surface area contributed by atoms with Crippen LogP contribution in [-0.4, -0.2) is 15.7 Å². The number of nitrogens with zero attached hydrogens (tertiary/aromatic N) is 2. The fraction of sp³-hybridized carbons (Fsp3) is 0.222. The number of carbonyl (C=O) groups is 1. The van der Waals surface area contributed by atoms with E-state index in [0.717, 1.165) is 28.8 Å². The summed E-state index contributed by atoms with van der Waals surface area (Å²) in [6, 6.07) is 12.2. The summed E-state index contributed by atoms with van der Waals surface area (Å²) in [7, 11) is 0. The molecule has 0 aliphatic carbocycles. The first kappa shape index (κ1) is 13.6. The van der Waals surface area contributed by atoms with E-state index in [-0.39, 0.29) is 0 Å². The highest BCUT2D eigenvalue weighted by Gasteiger charge is 2.13. The Labute approximate surface area is 124 Å². The number of fused-ring (bicyclic) bond motifs is 1. The van der Waals surface area contributed by atoms with Gasteiger partial charge >= 0.3 is 0 Å². The van der Waals surface area contributed by atoms with E-state index < -0.39 is 0 Å². The minimum absolute atomic E-state index is 0.494. The Morgan fingerprint density at radius 3 is 2.43 bits per heavy atom. The van der Waals surface area contributed by atoms with E-state index in [0.29, 0.717) is 11.6 Å². The molecule has 3 heteroatoms. The van der Waals surface area contributed by atoms with Gasteiger partial charge in [-0.1, -0.05) is 44.2 Å². The lowest BCUT2D eigenvalue weighted by Gasteiger charge is -2.06. The summed E-state index contributed by atoms with van der Waals surface area (Å²) in [5.74, 6) is 0.494. The summed E-state index contributed by atoms with van der Waals surface area (Å²) in [5, 5.41) is 0. The second kappa shape index (κ2) is 5.17. The molecule has 0 saturated carbocycles. The molecule has 0 saturated heterocycles. The smallest absolute Gasteiger partial charge is 0.169 e. The van der Waals surface area contributed by atoms with E-state index in [1.807, 2.05) is 41.8 Å². The Bertz CT molecular complexity index is 798. The van der Waals surface area contributed by atoms with Gasteiger partial charge < -0.3 is 0 Å². The lowest BCUT2D eigenvalue weighted by molar-refractivity contribution is 0.111. The summed E-state index contributed by atoms with van der Waals surface area (Å²) in [4.78, 5) is 16.1. The number of pyridine rings is 1. The van der Waals surface area contributed by atoms with E-state index in [1.54, 1.807) is 0 Å². The van der Waals surface area contributed by atoms with Crippen molar-refractivity contribution < 1.29 is 4.79 Å².